The Balaban J connectivity index is 2.03. The number of halogens is 1. The third-order valence-electron chi connectivity index (χ3n) is 4.60. The molecule has 0 bridgehead atoms. The van der Waals surface area contributed by atoms with E-state index in [1.165, 1.54) is 19.3 Å². The third-order valence-corrected chi connectivity index (χ3v) is 5.79. The first-order chi connectivity index (χ1) is 9.15. The summed E-state index contributed by atoms with van der Waals surface area (Å²) < 4.78 is 1.87. The van der Waals surface area contributed by atoms with Crippen LogP contribution in [-0.2, 0) is 13.0 Å². The molecule has 0 atom stereocenters. The standard InChI is InChI=1S/C15H18BrNO2/c16-9-15(7-2-8-15)10-17-12-3-1-4-13(18)11(12)5-6-14(17)19/h5-6H,1-4,7-10H2. The number of hydrogen-bond acceptors (Lipinski definition) is 2. The van der Waals surface area contributed by atoms with Crippen LogP contribution < -0.4 is 5.56 Å². The Kier molecular flexibility index (Phi) is 3.37. The number of nitrogens with zero attached hydrogens (tertiary/aromatic N) is 1. The van der Waals surface area contributed by atoms with E-state index in [1.807, 2.05) is 4.57 Å². The fourth-order valence-electron chi connectivity index (χ4n) is 3.21. The van der Waals surface area contributed by atoms with Gasteiger partial charge >= 0.3 is 0 Å². The lowest BCUT2D eigenvalue weighted by Crippen LogP contribution is -2.40. The van der Waals surface area contributed by atoms with E-state index in [-0.39, 0.29) is 16.8 Å². The lowest BCUT2D eigenvalue weighted by molar-refractivity contribution is 0.0965. The first-order valence-electron chi connectivity index (χ1n) is 6.97. The number of rotatable bonds is 3. The van der Waals surface area contributed by atoms with Crippen LogP contribution in [0.3, 0.4) is 0 Å². The monoisotopic (exact) mass is 323 g/mol. The number of aromatic nitrogens is 1. The molecule has 2 aliphatic carbocycles. The smallest absolute Gasteiger partial charge is 0.250 e. The molecular formula is C15H18BrNO2. The largest absolute Gasteiger partial charge is 0.311 e. The molecule has 1 aromatic heterocycles. The number of pyridine rings is 1. The molecule has 102 valence electrons. The fourth-order valence-corrected chi connectivity index (χ4v) is 3.95. The molecule has 4 heteroatoms. The van der Waals surface area contributed by atoms with E-state index in [2.05, 4.69) is 15.9 Å². The third kappa shape index (κ3) is 2.20. The van der Waals surface area contributed by atoms with Crippen molar-refractivity contribution in [3.05, 3.63) is 33.7 Å². The zero-order valence-corrected chi connectivity index (χ0v) is 12.5. The molecule has 0 saturated heterocycles. The molecular weight excluding hydrogens is 306 g/mol. The van der Waals surface area contributed by atoms with Crippen molar-refractivity contribution in [3.8, 4) is 0 Å². The summed E-state index contributed by atoms with van der Waals surface area (Å²) in [6.45, 7) is 0.757. The molecule has 3 rings (SSSR count). The highest BCUT2D eigenvalue weighted by Gasteiger charge is 2.37. The van der Waals surface area contributed by atoms with Crippen LogP contribution >= 0.6 is 15.9 Å². The molecule has 1 heterocycles. The number of hydrogen-bond donors (Lipinski definition) is 0. The van der Waals surface area contributed by atoms with Crippen LogP contribution in [-0.4, -0.2) is 15.7 Å². The van der Waals surface area contributed by atoms with Crippen molar-refractivity contribution in [2.45, 2.75) is 45.1 Å². The van der Waals surface area contributed by atoms with Gasteiger partial charge in [0.15, 0.2) is 5.78 Å². The topological polar surface area (TPSA) is 39.1 Å². The van der Waals surface area contributed by atoms with Gasteiger partial charge in [-0.15, -0.1) is 0 Å². The average Bonchev–Trinajstić information content (AvgIpc) is 2.36. The van der Waals surface area contributed by atoms with Crippen molar-refractivity contribution in [3.63, 3.8) is 0 Å². The number of Topliss-reactive ketones (excluding diaryl/α,β-unsaturated/α-hetero) is 1. The molecule has 0 aromatic carbocycles. The summed E-state index contributed by atoms with van der Waals surface area (Å²) in [5.74, 6) is 0.191. The van der Waals surface area contributed by atoms with Crippen LogP contribution in [0, 0.1) is 5.41 Å². The van der Waals surface area contributed by atoms with E-state index in [9.17, 15) is 9.59 Å². The second-order valence-electron chi connectivity index (χ2n) is 5.88. The molecule has 1 saturated carbocycles. The number of fused-ring (bicyclic) bond motifs is 1. The lowest BCUT2D eigenvalue weighted by atomic mass is 9.70. The quantitative estimate of drug-likeness (QED) is 0.802. The van der Waals surface area contributed by atoms with Gasteiger partial charge in [-0.05, 0) is 37.2 Å². The summed E-state index contributed by atoms with van der Waals surface area (Å²) >= 11 is 3.59. The van der Waals surface area contributed by atoms with E-state index < -0.39 is 0 Å². The van der Waals surface area contributed by atoms with Gasteiger partial charge in [-0.3, -0.25) is 9.59 Å². The molecule has 0 unspecified atom stereocenters. The molecule has 0 N–H and O–H groups in total. The SMILES string of the molecule is O=C1CCCc2c1ccc(=O)n2CC1(CBr)CCC1. The molecule has 1 fully saturated rings. The average molecular weight is 324 g/mol. The summed E-state index contributed by atoms with van der Waals surface area (Å²) in [5.41, 5.74) is 2.01. The summed E-state index contributed by atoms with van der Waals surface area (Å²) in [6.07, 6.45) is 5.93. The van der Waals surface area contributed by atoms with Crippen molar-refractivity contribution in [1.82, 2.24) is 4.57 Å². The second kappa shape index (κ2) is 4.89. The highest BCUT2D eigenvalue weighted by atomic mass is 79.9. The van der Waals surface area contributed by atoms with Crippen LogP contribution in [0.25, 0.3) is 0 Å². The predicted octanol–water partition coefficient (Wildman–Crippen LogP) is 2.93. The predicted molar refractivity (Wildman–Crippen MR) is 78.0 cm³/mol. The van der Waals surface area contributed by atoms with Gasteiger partial charge < -0.3 is 4.57 Å². The number of carbonyl (C=O) groups is 1. The van der Waals surface area contributed by atoms with Crippen LogP contribution in [0.5, 0.6) is 0 Å². The van der Waals surface area contributed by atoms with Gasteiger partial charge in [0, 0.05) is 35.6 Å². The van der Waals surface area contributed by atoms with Gasteiger partial charge in [0.2, 0.25) is 0 Å². The lowest BCUT2D eigenvalue weighted by Gasteiger charge is -2.41. The zero-order chi connectivity index (χ0) is 13.5. The Bertz CT molecular complexity index is 566. The molecule has 2 aliphatic rings. The van der Waals surface area contributed by atoms with Crippen LogP contribution in [0.15, 0.2) is 16.9 Å². The minimum atomic E-state index is 0.0423. The molecule has 3 nitrogen and oxygen atoms in total. The molecule has 0 radical (unpaired) electrons. The van der Waals surface area contributed by atoms with Gasteiger partial charge in [-0.1, -0.05) is 22.4 Å². The molecule has 1 aromatic rings. The zero-order valence-electron chi connectivity index (χ0n) is 11.0. The van der Waals surface area contributed by atoms with Gasteiger partial charge in [0.05, 0.1) is 0 Å². The summed E-state index contributed by atoms with van der Waals surface area (Å²) in [7, 11) is 0. The van der Waals surface area contributed by atoms with Crippen LogP contribution in [0.1, 0.15) is 48.2 Å². The van der Waals surface area contributed by atoms with E-state index in [1.54, 1.807) is 12.1 Å². The minimum absolute atomic E-state index is 0.0423. The van der Waals surface area contributed by atoms with Gasteiger partial charge in [0.1, 0.15) is 0 Å². The number of ketones is 1. The molecule has 0 spiro atoms. The first kappa shape index (κ1) is 13.1. The molecule has 0 amide bonds. The van der Waals surface area contributed by atoms with Gasteiger partial charge in [0.25, 0.3) is 5.56 Å². The number of alkyl halides is 1. The molecule has 19 heavy (non-hydrogen) atoms. The van der Waals surface area contributed by atoms with Crippen molar-refractivity contribution in [2.75, 3.05) is 5.33 Å². The maximum atomic E-state index is 12.2. The maximum absolute atomic E-state index is 12.2. The van der Waals surface area contributed by atoms with E-state index in [4.69, 9.17) is 0 Å². The Morgan fingerprint density at radius 2 is 1.95 bits per heavy atom. The summed E-state index contributed by atoms with van der Waals surface area (Å²) in [6, 6.07) is 3.28. The van der Waals surface area contributed by atoms with Crippen molar-refractivity contribution in [1.29, 1.82) is 0 Å². The maximum Gasteiger partial charge on any atom is 0.250 e. The van der Waals surface area contributed by atoms with Gasteiger partial charge in [-0.2, -0.15) is 0 Å². The normalized spacial score (nSPS) is 20.8. The Labute approximate surface area is 121 Å². The van der Waals surface area contributed by atoms with Crippen molar-refractivity contribution >= 4 is 21.7 Å². The van der Waals surface area contributed by atoms with E-state index >= 15 is 0 Å². The van der Waals surface area contributed by atoms with Crippen molar-refractivity contribution in [2.24, 2.45) is 5.41 Å². The van der Waals surface area contributed by atoms with Crippen LogP contribution in [0.4, 0.5) is 0 Å². The molecule has 0 aliphatic heterocycles. The van der Waals surface area contributed by atoms with E-state index in [0.717, 1.165) is 36.0 Å². The summed E-state index contributed by atoms with van der Waals surface area (Å²) in [4.78, 5) is 24.1. The first-order valence-corrected chi connectivity index (χ1v) is 8.09. The van der Waals surface area contributed by atoms with E-state index in [0.29, 0.717) is 6.42 Å². The highest BCUT2D eigenvalue weighted by molar-refractivity contribution is 9.09. The minimum Gasteiger partial charge on any atom is -0.311 e. The Hall–Kier alpha value is -0.900. The highest BCUT2D eigenvalue weighted by Crippen LogP contribution is 2.44. The Morgan fingerprint density at radius 1 is 1.16 bits per heavy atom. The summed E-state index contributed by atoms with van der Waals surface area (Å²) in [5, 5.41) is 0.935. The Morgan fingerprint density at radius 3 is 2.58 bits per heavy atom. The van der Waals surface area contributed by atoms with Crippen molar-refractivity contribution < 1.29 is 4.79 Å². The fraction of sp³-hybridized carbons (Fsp3) is 0.600. The van der Waals surface area contributed by atoms with Crippen LogP contribution in [0.2, 0.25) is 0 Å². The number of carbonyl (C=O) groups excluding carboxylic acids is 1. The second-order valence-corrected chi connectivity index (χ2v) is 6.44. The van der Waals surface area contributed by atoms with Gasteiger partial charge in [-0.25, -0.2) is 0 Å².